The second-order valence-electron chi connectivity index (χ2n) is 6.14. The predicted octanol–water partition coefficient (Wildman–Crippen LogP) is 1.31. The summed E-state index contributed by atoms with van der Waals surface area (Å²) in [7, 11) is 1.72. The fourth-order valence-corrected chi connectivity index (χ4v) is 2.72. The standard InChI is InChI=1S/C16H27N3O3/c1-11-7-14(12(2)22-11)16(3,20)10-19-15(17-4)18-8-13-5-6-21-9-13/h7,13,20H,5-6,8-10H2,1-4H3,(H2,17,18,19). The monoisotopic (exact) mass is 309 g/mol. The molecule has 0 saturated carbocycles. The van der Waals surface area contributed by atoms with Crippen LogP contribution in [0.4, 0.5) is 0 Å². The zero-order valence-electron chi connectivity index (χ0n) is 13.9. The topological polar surface area (TPSA) is 79.0 Å². The first-order chi connectivity index (χ1) is 10.4. The van der Waals surface area contributed by atoms with E-state index in [1.807, 2.05) is 19.9 Å². The van der Waals surface area contributed by atoms with Crippen LogP contribution in [0.3, 0.4) is 0 Å². The molecule has 6 heteroatoms. The minimum atomic E-state index is -1.02. The predicted molar refractivity (Wildman–Crippen MR) is 86.0 cm³/mol. The summed E-state index contributed by atoms with van der Waals surface area (Å²) in [5.74, 6) is 2.76. The van der Waals surface area contributed by atoms with E-state index in [2.05, 4.69) is 15.6 Å². The van der Waals surface area contributed by atoms with E-state index in [0.29, 0.717) is 18.4 Å². The number of rotatable bonds is 5. The number of nitrogens with zero attached hydrogens (tertiary/aromatic N) is 1. The molecular formula is C16H27N3O3. The van der Waals surface area contributed by atoms with Crippen LogP contribution in [0, 0.1) is 19.8 Å². The number of aryl methyl sites for hydroxylation is 2. The van der Waals surface area contributed by atoms with Gasteiger partial charge < -0.3 is 24.9 Å². The first-order valence-corrected chi connectivity index (χ1v) is 7.74. The van der Waals surface area contributed by atoms with Crippen LogP contribution in [0.15, 0.2) is 15.5 Å². The van der Waals surface area contributed by atoms with E-state index < -0.39 is 5.60 Å². The summed E-state index contributed by atoms with van der Waals surface area (Å²) in [6, 6.07) is 1.88. The van der Waals surface area contributed by atoms with Crippen LogP contribution in [0.2, 0.25) is 0 Å². The number of furan rings is 1. The first-order valence-electron chi connectivity index (χ1n) is 7.74. The lowest BCUT2D eigenvalue weighted by Crippen LogP contribution is -2.45. The second kappa shape index (κ2) is 7.15. The Morgan fingerprint density at radius 2 is 2.23 bits per heavy atom. The number of ether oxygens (including phenoxy) is 1. The van der Waals surface area contributed by atoms with Gasteiger partial charge in [-0.25, -0.2) is 0 Å². The van der Waals surface area contributed by atoms with Crippen molar-refractivity contribution in [2.75, 3.05) is 33.4 Å². The molecule has 1 fully saturated rings. The molecule has 2 rings (SSSR count). The first kappa shape index (κ1) is 16.8. The molecule has 0 spiro atoms. The van der Waals surface area contributed by atoms with Crippen molar-refractivity contribution in [1.82, 2.24) is 10.6 Å². The van der Waals surface area contributed by atoms with Gasteiger partial charge in [0.1, 0.15) is 17.1 Å². The van der Waals surface area contributed by atoms with Crippen LogP contribution in [0.5, 0.6) is 0 Å². The Balaban J connectivity index is 1.87. The minimum absolute atomic E-state index is 0.355. The maximum Gasteiger partial charge on any atom is 0.191 e. The molecule has 22 heavy (non-hydrogen) atoms. The molecule has 2 atom stereocenters. The molecule has 2 unspecified atom stereocenters. The molecule has 1 aliphatic heterocycles. The third-order valence-electron chi connectivity index (χ3n) is 4.03. The summed E-state index contributed by atoms with van der Waals surface area (Å²) in [5, 5.41) is 17.1. The van der Waals surface area contributed by atoms with Crippen molar-refractivity contribution >= 4 is 5.96 Å². The molecular weight excluding hydrogens is 282 g/mol. The number of aliphatic hydroxyl groups is 1. The average Bonchev–Trinajstić information content (AvgIpc) is 3.08. The van der Waals surface area contributed by atoms with Gasteiger partial charge in [-0.05, 0) is 33.3 Å². The SMILES string of the molecule is CN=C(NCC1CCOC1)NCC(C)(O)c1cc(C)oc1C. The smallest absolute Gasteiger partial charge is 0.191 e. The lowest BCUT2D eigenvalue weighted by atomic mass is 9.96. The largest absolute Gasteiger partial charge is 0.466 e. The summed E-state index contributed by atoms with van der Waals surface area (Å²) in [6.07, 6.45) is 1.08. The van der Waals surface area contributed by atoms with Crippen molar-refractivity contribution in [2.45, 2.75) is 32.8 Å². The van der Waals surface area contributed by atoms with Crippen LogP contribution >= 0.6 is 0 Å². The molecule has 0 amide bonds. The lowest BCUT2D eigenvalue weighted by Gasteiger charge is -2.25. The van der Waals surface area contributed by atoms with Crippen molar-refractivity contribution in [3.05, 3.63) is 23.2 Å². The van der Waals surface area contributed by atoms with E-state index in [9.17, 15) is 5.11 Å². The van der Waals surface area contributed by atoms with Crippen molar-refractivity contribution in [3.8, 4) is 0 Å². The van der Waals surface area contributed by atoms with Gasteiger partial charge in [0.25, 0.3) is 0 Å². The molecule has 1 aromatic heterocycles. The number of hydrogen-bond acceptors (Lipinski definition) is 4. The van der Waals surface area contributed by atoms with Gasteiger partial charge in [-0.15, -0.1) is 0 Å². The van der Waals surface area contributed by atoms with Crippen LogP contribution in [0.25, 0.3) is 0 Å². The summed E-state index contributed by atoms with van der Waals surface area (Å²) < 4.78 is 10.9. The number of guanidine groups is 1. The fourth-order valence-electron chi connectivity index (χ4n) is 2.72. The lowest BCUT2D eigenvalue weighted by molar-refractivity contribution is 0.0601. The van der Waals surface area contributed by atoms with Gasteiger partial charge in [-0.1, -0.05) is 0 Å². The second-order valence-corrected chi connectivity index (χ2v) is 6.14. The van der Waals surface area contributed by atoms with E-state index >= 15 is 0 Å². The van der Waals surface area contributed by atoms with E-state index in [4.69, 9.17) is 9.15 Å². The molecule has 0 aliphatic carbocycles. The zero-order chi connectivity index (χ0) is 16.2. The van der Waals surface area contributed by atoms with Crippen molar-refractivity contribution in [2.24, 2.45) is 10.9 Å². The van der Waals surface area contributed by atoms with Gasteiger partial charge in [0, 0.05) is 31.7 Å². The third kappa shape index (κ3) is 4.24. The Kier molecular flexibility index (Phi) is 5.47. The normalized spacial score (nSPS) is 21.7. The highest BCUT2D eigenvalue weighted by Crippen LogP contribution is 2.26. The zero-order valence-corrected chi connectivity index (χ0v) is 13.9. The van der Waals surface area contributed by atoms with Gasteiger partial charge in [0.05, 0.1) is 13.2 Å². The fraction of sp³-hybridized carbons (Fsp3) is 0.688. The Hall–Kier alpha value is -1.53. The Morgan fingerprint density at radius 3 is 2.77 bits per heavy atom. The maximum atomic E-state index is 10.7. The van der Waals surface area contributed by atoms with Crippen molar-refractivity contribution < 1.29 is 14.3 Å². The summed E-state index contributed by atoms with van der Waals surface area (Å²) in [5.41, 5.74) is -0.215. The third-order valence-corrected chi connectivity index (χ3v) is 4.03. The highest BCUT2D eigenvalue weighted by atomic mass is 16.5. The molecule has 0 radical (unpaired) electrons. The van der Waals surface area contributed by atoms with E-state index in [-0.39, 0.29) is 0 Å². The summed E-state index contributed by atoms with van der Waals surface area (Å²) in [4.78, 5) is 4.19. The van der Waals surface area contributed by atoms with Gasteiger partial charge in [-0.3, -0.25) is 4.99 Å². The Labute approximate surface area is 132 Å². The van der Waals surface area contributed by atoms with Crippen molar-refractivity contribution in [3.63, 3.8) is 0 Å². The molecule has 3 N–H and O–H groups in total. The number of hydrogen-bond donors (Lipinski definition) is 3. The van der Waals surface area contributed by atoms with Gasteiger partial charge in [-0.2, -0.15) is 0 Å². The van der Waals surface area contributed by atoms with Gasteiger partial charge >= 0.3 is 0 Å². The van der Waals surface area contributed by atoms with Crippen molar-refractivity contribution in [1.29, 1.82) is 0 Å². The van der Waals surface area contributed by atoms with Crippen LogP contribution in [0.1, 0.15) is 30.4 Å². The average molecular weight is 309 g/mol. The van der Waals surface area contributed by atoms with Crippen LogP contribution in [-0.2, 0) is 10.3 Å². The highest BCUT2D eigenvalue weighted by molar-refractivity contribution is 5.79. The molecule has 2 heterocycles. The van der Waals surface area contributed by atoms with Gasteiger partial charge in [0.15, 0.2) is 5.96 Å². The van der Waals surface area contributed by atoms with Crippen LogP contribution in [-0.4, -0.2) is 44.4 Å². The van der Waals surface area contributed by atoms with E-state index in [0.717, 1.165) is 43.3 Å². The van der Waals surface area contributed by atoms with E-state index in [1.165, 1.54) is 0 Å². The summed E-state index contributed by atoms with van der Waals surface area (Å²) in [6.45, 7) is 8.34. The Morgan fingerprint density at radius 1 is 1.45 bits per heavy atom. The maximum absolute atomic E-state index is 10.7. The Bertz CT molecular complexity index is 517. The minimum Gasteiger partial charge on any atom is -0.466 e. The molecule has 0 aromatic carbocycles. The number of aliphatic imine (C=N–C) groups is 1. The molecule has 1 aromatic rings. The van der Waals surface area contributed by atoms with Gasteiger partial charge in [0.2, 0.25) is 0 Å². The number of nitrogens with one attached hydrogen (secondary N) is 2. The molecule has 124 valence electrons. The van der Waals surface area contributed by atoms with Crippen LogP contribution < -0.4 is 10.6 Å². The highest BCUT2D eigenvalue weighted by Gasteiger charge is 2.28. The summed E-state index contributed by atoms with van der Waals surface area (Å²) >= 11 is 0. The quantitative estimate of drug-likeness (QED) is 0.564. The molecule has 0 bridgehead atoms. The molecule has 6 nitrogen and oxygen atoms in total. The van der Waals surface area contributed by atoms with E-state index in [1.54, 1.807) is 14.0 Å². The molecule has 1 aliphatic rings. The molecule has 1 saturated heterocycles.